The molecule has 2 heterocycles. The summed E-state index contributed by atoms with van der Waals surface area (Å²) < 4.78 is 0. The second-order valence-electron chi connectivity index (χ2n) is 5.09. The first-order valence-corrected chi connectivity index (χ1v) is 6.77. The number of rotatable bonds is 3. The van der Waals surface area contributed by atoms with Gasteiger partial charge in [0, 0.05) is 38.9 Å². The summed E-state index contributed by atoms with van der Waals surface area (Å²) in [5.74, 6) is 0.0464. The maximum atomic E-state index is 12.2. The molecule has 0 unspecified atom stereocenters. The van der Waals surface area contributed by atoms with Gasteiger partial charge in [0.2, 0.25) is 0 Å². The van der Waals surface area contributed by atoms with E-state index in [-0.39, 0.29) is 11.9 Å². The van der Waals surface area contributed by atoms with Crippen LogP contribution in [0.2, 0.25) is 0 Å². The van der Waals surface area contributed by atoms with Gasteiger partial charge in [-0.3, -0.25) is 9.78 Å². The van der Waals surface area contributed by atoms with Crippen LogP contribution in [0.25, 0.3) is 0 Å². The first kappa shape index (κ1) is 14.3. The average molecular weight is 276 g/mol. The highest BCUT2D eigenvalue weighted by molar-refractivity contribution is 5.94. The Morgan fingerprint density at radius 1 is 1.35 bits per heavy atom. The van der Waals surface area contributed by atoms with Crippen molar-refractivity contribution < 1.29 is 9.59 Å². The van der Waals surface area contributed by atoms with Crippen molar-refractivity contribution in [1.82, 2.24) is 20.1 Å². The summed E-state index contributed by atoms with van der Waals surface area (Å²) in [5, 5.41) is 2.73. The number of hydrogen-bond donors (Lipinski definition) is 1. The Hall–Kier alpha value is -2.11. The van der Waals surface area contributed by atoms with Crippen LogP contribution in [0.3, 0.4) is 0 Å². The quantitative estimate of drug-likeness (QED) is 0.898. The topological polar surface area (TPSA) is 65.5 Å². The van der Waals surface area contributed by atoms with Gasteiger partial charge in [-0.1, -0.05) is 0 Å². The van der Waals surface area contributed by atoms with Crippen LogP contribution < -0.4 is 5.32 Å². The number of amides is 3. The molecule has 1 aromatic rings. The minimum Gasteiger partial charge on any atom is -0.339 e. The van der Waals surface area contributed by atoms with Gasteiger partial charge in [0.05, 0.1) is 12.2 Å². The van der Waals surface area contributed by atoms with Gasteiger partial charge < -0.3 is 15.1 Å². The molecule has 0 radical (unpaired) electrons. The molecule has 1 N–H and O–H groups in total. The largest absolute Gasteiger partial charge is 0.339 e. The molecule has 1 aliphatic heterocycles. The lowest BCUT2D eigenvalue weighted by Gasteiger charge is -2.16. The number of aromatic nitrogens is 1. The fourth-order valence-corrected chi connectivity index (χ4v) is 2.13. The van der Waals surface area contributed by atoms with E-state index in [9.17, 15) is 9.59 Å². The van der Waals surface area contributed by atoms with Gasteiger partial charge >= 0.3 is 6.03 Å². The Balaban J connectivity index is 2.00. The van der Waals surface area contributed by atoms with E-state index in [1.54, 1.807) is 32.4 Å². The van der Waals surface area contributed by atoms with Crippen molar-refractivity contribution in [3.05, 3.63) is 29.6 Å². The SMILES string of the molecule is CN(C)C(=O)NCc1cc(C(=O)N2CCCC2)ccn1. The van der Waals surface area contributed by atoms with Crippen molar-refractivity contribution in [1.29, 1.82) is 0 Å². The van der Waals surface area contributed by atoms with E-state index in [0.717, 1.165) is 25.9 Å². The molecule has 1 aromatic heterocycles. The minimum atomic E-state index is -0.178. The van der Waals surface area contributed by atoms with Crippen LogP contribution in [0.15, 0.2) is 18.3 Å². The van der Waals surface area contributed by atoms with Gasteiger partial charge in [0.1, 0.15) is 0 Å². The molecular formula is C14H20N4O2. The summed E-state index contributed by atoms with van der Waals surface area (Å²) in [4.78, 5) is 31.2. The second-order valence-corrected chi connectivity index (χ2v) is 5.09. The van der Waals surface area contributed by atoms with Crippen LogP contribution in [-0.4, -0.2) is 53.9 Å². The Bertz CT molecular complexity index is 496. The van der Waals surface area contributed by atoms with Gasteiger partial charge in [0.15, 0.2) is 0 Å². The highest BCUT2D eigenvalue weighted by atomic mass is 16.2. The number of urea groups is 1. The third kappa shape index (κ3) is 3.46. The predicted octanol–water partition coefficient (Wildman–Crippen LogP) is 1.09. The molecule has 3 amide bonds. The number of nitrogens with zero attached hydrogens (tertiary/aromatic N) is 3. The third-order valence-electron chi connectivity index (χ3n) is 3.28. The molecule has 1 saturated heterocycles. The van der Waals surface area contributed by atoms with E-state index in [1.165, 1.54) is 4.90 Å². The van der Waals surface area contributed by atoms with Crippen LogP contribution in [0.1, 0.15) is 28.9 Å². The molecule has 0 aromatic carbocycles. The first-order chi connectivity index (χ1) is 9.58. The Morgan fingerprint density at radius 2 is 2.05 bits per heavy atom. The number of carbonyl (C=O) groups is 2. The van der Waals surface area contributed by atoms with E-state index in [0.29, 0.717) is 17.8 Å². The molecule has 108 valence electrons. The Labute approximate surface area is 118 Å². The zero-order valence-corrected chi connectivity index (χ0v) is 11.9. The summed E-state index contributed by atoms with van der Waals surface area (Å²) in [6.07, 6.45) is 3.76. The molecule has 1 fully saturated rings. The molecule has 2 rings (SSSR count). The molecule has 0 bridgehead atoms. The van der Waals surface area contributed by atoms with Crippen molar-refractivity contribution in [3.63, 3.8) is 0 Å². The summed E-state index contributed by atoms with van der Waals surface area (Å²) in [6, 6.07) is 3.29. The van der Waals surface area contributed by atoms with Crippen molar-refractivity contribution in [2.45, 2.75) is 19.4 Å². The van der Waals surface area contributed by atoms with Gasteiger partial charge in [-0.2, -0.15) is 0 Å². The van der Waals surface area contributed by atoms with Crippen molar-refractivity contribution in [3.8, 4) is 0 Å². The summed E-state index contributed by atoms with van der Waals surface area (Å²) in [6.45, 7) is 1.97. The fourth-order valence-electron chi connectivity index (χ4n) is 2.13. The molecular weight excluding hydrogens is 256 g/mol. The summed E-state index contributed by atoms with van der Waals surface area (Å²) in [5.41, 5.74) is 1.32. The molecule has 6 heteroatoms. The van der Waals surface area contributed by atoms with Crippen molar-refractivity contribution in [2.24, 2.45) is 0 Å². The Morgan fingerprint density at radius 3 is 2.70 bits per heavy atom. The zero-order valence-electron chi connectivity index (χ0n) is 11.9. The number of hydrogen-bond acceptors (Lipinski definition) is 3. The van der Waals surface area contributed by atoms with E-state index in [2.05, 4.69) is 10.3 Å². The van der Waals surface area contributed by atoms with E-state index in [1.807, 2.05) is 4.90 Å². The van der Waals surface area contributed by atoms with Crippen LogP contribution in [0.4, 0.5) is 4.79 Å². The number of carbonyl (C=O) groups excluding carboxylic acids is 2. The van der Waals surface area contributed by atoms with Crippen LogP contribution in [0, 0.1) is 0 Å². The maximum absolute atomic E-state index is 12.2. The van der Waals surface area contributed by atoms with E-state index < -0.39 is 0 Å². The third-order valence-corrected chi connectivity index (χ3v) is 3.28. The lowest BCUT2D eigenvalue weighted by Crippen LogP contribution is -2.34. The monoisotopic (exact) mass is 276 g/mol. The standard InChI is InChI=1S/C14H20N4O2/c1-17(2)14(20)16-10-12-9-11(5-6-15-12)13(19)18-7-3-4-8-18/h5-6,9H,3-4,7-8,10H2,1-2H3,(H,16,20). The highest BCUT2D eigenvalue weighted by Crippen LogP contribution is 2.13. The van der Waals surface area contributed by atoms with Crippen molar-refractivity contribution in [2.75, 3.05) is 27.2 Å². The first-order valence-electron chi connectivity index (χ1n) is 6.77. The molecule has 6 nitrogen and oxygen atoms in total. The lowest BCUT2D eigenvalue weighted by atomic mass is 10.2. The number of pyridine rings is 1. The van der Waals surface area contributed by atoms with Gasteiger partial charge in [-0.25, -0.2) is 4.79 Å². The highest BCUT2D eigenvalue weighted by Gasteiger charge is 2.19. The average Bonchev–Trinajstić information content (AvgIpc) is 2.98. The van der Waals surface area contributed by atoms with Crippen LogP contribution in [-0.2, 0) is 6.54 Å². The van der Waals surface area contributed by atoms with E-state index >= 15 is 0 Å². The van der Waals surface area contributed by atoms with Crippen LogP contribution >= 0.6 is 0 Å². The molecule has 0 aliphatic carbocycles. The molecule has 0 atom stereocenters. The lowest BCUT2D eigenvalue weighted by molar-refractivity contribution is 0.0792. The van der Waals surface area contributed by atoms with E-state index in [4.69, 9.17) is 0 Å². The molecule has 0 saturated carbocycles. The normalized spacial score (nSPS) is 14.2. The summed E-state index contributed by atoms with van der Waals surface area (Å²) in [7, 11) is 3.35. The fraction of sp³-hybridized carbons (Fsp3) is 0.500. The second kappa shape index (κ2) is 6.36. The van der Waals surface area contributed by atoms with Gasteiger partial charge in [-0.15, -0.1) is 0 Å². The zero-order chi connectivity index (χ0) is 14.5. The molecule has 20 heavy (non-hydrogen) atoms. The smallest absolute Gasteiger partial charge is 0.317 e. The number of likely N-dealkylation sites (tertiary alicyclic amines) is 1. The molecule has 0 spiro atoms. The number of nitrogens with one attached hydrogen (secondary N) is 1. The summed E-state index contributed by atoms with van der Waals surface area (Å²) >= 11 is 0. The predicted molar refractivity (Wildman–Crippen MR) is 75.3 cm³/mol. The van der Waals surface area contributed by atoms with Gasteiger partial charge in [-0.05, 0) is 25.0 Å². The van der Waals surface area contributed by atoms with Crippen molar-refractivity contribution >= 4 is 11.9 Å². The Kier molecular flexibility index (Phi) is 4.55. The molecule has 1 aliphatic rings. The maximum Gasteiger partial charge on any atom is 0.317 e. The van der Waals surface area contributed by atoms with Gasteiger partial charge in [0.25, 0.3) is 5.91 Å². The minimum absolute atomic E-state index is 0.0464. The van der Waals surface area contributed by atoms with Crippen LogP contribution in [0.5, 0.6) is 0 Å².